The molecule has 0 atom stereocenters. The van der Waals surface area contributed by atoms with Crippen molar-refractivity contribution in [1.82, 2.24) is 29.1 Å². The fourth-order valence-electron chi connectivity index (χ4n) is 3.94. The normalized spacial score (nSPS) is 11.6. The lowest BCUT2D eigenvalue weighted by molar-refractivity contribution is 0.711. The Bertz CT molecular complexity index is 1540. The number of para-hydroxylation sites is 1. The van der Waals surface area contributed by atoms with Crippen LogP contribution in [-0.2, 0) is 6.54 Å². The molecule has 2 N–H and O–H groups in total. The maximum absolute atomic E-state index is 13.8. The molecule has 0 aliphatic rings. The van der Waals surface area contributed by atoms with Gasteiger partial charge in [-0.2, -0.15) is 0 Å². The fourth-order valence-corrected chi connectivity index (χ4v) is 4.19. The van der Waals surface area contributed by atoms with Crippen LogP contribution in [0.4, 0.5) is 5.82 Å². The van der Waals surface area contributed by atoms with Gasteiger partial charge in [0.05, 0.1) is 34.5 Å². The number of nitrogen functional groups attached to an aromatic ring is 1. The van der Waals surface area contributed by atoms with E-state index in [0.717, 1.165) is 11.3 Å². The zero-order chi connectivity index (χ0) is 22.4. The average molecular weight is 446 g/mol. The Hall–Kier alpha value is -3.78. The summed E-state index contributed by atoms with van der Waals surface area (Å²) >= 11 is 6.42. The van der Waals surface area contributed by atoms with Crippen molar-refractivity contribution in [3.05, 3.63) is 81.9 Å². The van der Waals surface area contributed by atoms with Crippen LogP contribution in [0.1, 0.15) is 31.2 Å². The molecular weight excluding hydrogens is 426 g/mol. The number of rotatable bonds is 4. The SMILES string of the molecule is CC(C)c1ccccc1-n1c(Cn2cnc3c(N)ncnc32)nc2cccc(Cl)c2c1=O. The van der Waals surface area contributed by atoms with Gasteiger partial charge in [0.25, 0.3) is 5.56 Å². The predicted octanol–water partition coefficient (Wildman–Crippen LogP) is 3.93. The van der Waals surface area contributed by atoms with E-state index in [1.54, 1.807) is 33.7 Å². The minimum atomic E-state index is -0.220. The van der Waals surface area contributed by atoms with E-state index in [1.165, 1.54) is 6.33 Å². The number of nitrogens with two attached hydrogens (primary N) is 1. The largest absolute Gasteiger partial charge is 0.382 e. The summed E-state index contributed by atoms with van der Waals surface area (Å²) in [5.41, 5.74) is 9.14. The highest BCUT2D eigenvalue weighted by Gasteiger charge is 2.19. The van der Waals surface area contributed by atoms with E-state index in [0.29, 0.717) is 38.7 Å². The first-order valence-electron chi connectivity index (χ1n) is 10.2. The van der Waals surface area contributed by atoms with Crippen LogP contribution in [0.25, 0.3) is 27.8 Å². The third kappa shape index (κ3) is 3.20. The zero-order valence-electron chi connectivity index (χ0n) is 17.5. The molecule has 0 saturated heterocycles. The van der Waals surface area contributed by atoms with Crippen molar-refractivity contribution in [2.45, 2.75) is 26.3 Å². The molecular formula is C23H20ClN7O. The lowest BCUT2D eigenvalue weighted by Gasteiger charge is -2.19. The fraction of sp³-hybridized carbons (Fsp3) is 0.174. The van der Waals surface area contributed by atoms with E-state index < -0.39 is 0 Å². The first-order chi connectivity index (χ1) is 15.5. The second kappa shape index (κ2) is 7.72. The number of fused-ring (bicyclic) bond motifs is 2. The number of hydrogen-bond acceptors (Lipinski definition) is 6. The zero-order valence-corrected chi connectivity index (χ0v) is 18.3. The molecule has 0 amide bonds. The number of aromatic nitrogens is 6. The number of imidazole rings is 1. The maximum Gasteiger partial charge on any atom is 0.267 e. The molecule has 0 saturated carbocycles. The molecule has 3 aromatic heterocycles. The van der Waals surface area contributed by atoms with Gasteiger partial charge < -0.3 is 10.3 Å². The van der Waals surface area contributed by atoms with Crippen molar-refractivity contribution >= 4 is 39.5 Å². The van der Waals surface area contributed by atoms with E-state index in [-0.39, 0.29) is 18.0 Å². The number of benzene rings is 2. The van der Waals surface area contributed by atoms with Gasteiger partial charge >= 0.3 is 0 Å². The summed E-state index contributed by atoms with van der Waals surface area (Å²) in [5.74, 6) is 1.04. The van der Waals surface area contributed by atoms with E-state index >= 15 is 0 Å². The molecule has 32 heavy (non-hydrogen) atoms. The predicted molar refractivity (Wildman–Crippen MR) is 125 cm³/mol. The number of halogens is 1. The molecule has 0 aliphatic heterocycles. The molecule has 9 heteroatoms. The van der Waals surface area contributed by atoms with Gasteiger partial charge in [0.2, 0.25) is 0 Å². The summed E-state index contributed by atoms with van der Waals surface area (Å²) in [6, 6.07) is 13.1. The van der Waals surface area contributed by atoms with Crippen molar-refractivity contribution < 1.29 is 0 Å². The van der Waals surface area contributed by atoms with Gasteiger partial charge in [-0.05, 0) is 29.7 Å². The second-order valence-corrected chi connectivity index (χ2v) is 8.23. The minimum absolute atomic E-state index is 0.203. The Morgan fingerprint density at radius 2 is 1.88 bits per heavy atom. The van der Waals surface area contributed by atoms with Crippen LogP contribution in [-0.4, -0.2) is 29.1 Å². The van der Waals surface area contributed by atoms with E-state index in [9.17, 15) is 4.79 Å². The second-order valence-electron chi connectivity index (χ2n) is 7.82. The topological polar surface area (TPSA) is 105 Å². The van der Waals surface area contributed by atoms with Gasteiger partial charge in [-0.25, -0.2) is 19.9 Å². The van der Waals surface area contributed by atoms with Crippen LogP contribution in [0.3, 0.4) is 0 Å². The minimum Gasteiger partial charge on any atom is -0.382 e. The van der Waals surface area contributed by atoms with Crippen LogP contribution in [0, 0.1) is 0 Å². The standard InChI is InChI=1S/C23H20ClN7O/c1-13(2)14-6-3-4-9-17(14)31-18(29-16-8-5-7-15(24)19(16)23(31)32)10-30-12-28-20-21(25)26-11-27-22(20)30/h3-9,11-13H,10H2,1-2H3,(H2,25,26,27). The molecule has 3 heterocycles. The van der Waals surface area contributed by atoms with Gasteiger partial charge in [-0.1, -0.05) is 49.7 Å². The first kappa shape index (κ1) is 20.1. The van der Waals surface area contributed by atoms with Gasteiger partial charge in [0.1, 0.15) is 17.7 Å². The third-order valence-electron chi connectivity index (χ3n) is 5.46. The molecule has 0 radical (unpaired) electrons. The Labute approximate surface area is 188 Å². The van der Waals surface area contributed by atoms with Gasteiger partial charge in [-0.3, -0.25) is 9.36 Å². The summed E-state index contributed by atoms with van der Waals surface area (Å²) < 4.78 is 3.44. The summed E-state index contributed by atoms with van der Waals surface area (Å²) in [6.45, 7) is 4.44. The number of anilines is 1. The molecule has 0 spiro atoms. The van der Waals surface area contributed by atoms with Gasteiger partial charge in [0.15, 0.2) is 11.5 Å². The van der Waals surface area contributed by atoms with Crippen LogP contribution in [0.5, 0.6) is 0 Å². The summed E-state index contributed by atoms with van der Waals surface area (Å²) in [6.07, 6.45) is 3.02. The average Bonchev–Trinajstić information content (AvgIpc) is 3.18. The van der Waals surface area contributed by atoms with Crippen molar-refractivity contribution in [3.63, 3.8) is 0 Å². The van der Waals surface area contributed by atoms with Gasteiger partial charge in [0, 0.05) is 0 Å². The molecule has 5 rings (SSSR count). The molecule has 2 aromatic carbocycles. The Morgan fingerprint density at radius 3 is 2.69 bits per heavy atom. The molecule has 0 unspecified atom stereocenters. The highest BCUT2D eigenvalue weighted by Crippen LogP contribution is 2.26. The van der Waals surface area contributed by atoms with Crippen LogP contribution < -0.4 is 11.3 Å². The molecule has 8 nitrogen and oxygen atoms in total. The number of hydrogen-bond donors (Lipinski definition) is 1. The van der Waals surface area contributed by atoms with Crippen molar-refractivity contribution in [2.24, 2.45) is 0 Å². The van der Waals surface area contributed by atoms with Crippen molar-refractivity contribution in [2.75, 3.05) is 5.73 Å². The van der Waals surface area contributed by atoms with Crippen molar-refractivity contribution in [1.29, 1.82) is 0 Å². The van der Waals surface area contributed by atoms with Crippen LogP contribution in [0.2, 0.25) is 5.02 Å². The number of nitrogens with zero attached hydrogens (tertiary/aromatic N) is 6. The molecule has 5 aromatic rings. The molecule has 0 aliphatic carbocycles. The molecule has 0 fully saturated rings. The van der Waals surface area contributed by atoms with Crippen LogP contribution in [0.15, 0.2) is 59.9 Å². The third-order valence-corrected chi connectivity index (χ3v) is 5.77. The smallest absolute Gasteiger partial charge is 0.267 e. The monoisotopic (exact) mass is 445 g/mol. The van der Waals surface area contributed by atoms with E-state index in [1.807, 2.05) is 24.3 Å². The Kier molecular flexibility index (Phi) is 4.86. The maximum atomic E-state index is 13.8. The summed E-state index contributed by atoms with van der Waals surface area (Å²) in [7, 11) is 0. The highest BCUT2D eigenvalue weighted by atomic mass is 35.5. The summed E-state index contributed by atoms with van der Waals surface area (Å²) in [5, 5.41) is 0.759. The Balaban J connectivity index is 1.81. The first-order valence-corrected chi connectivity index (χ1v) is 10.5. The summed E-state index contributed by atoms with van der Waals surface area (Å²) in [4.78, 5) is 31.2. The lowest BCUT2D eigenvalue weighted by Crippen LogP contribution is -2.26. The van der Waals surface area contributed by atoms with E-state index in [4.69, 9.17) is 22.3 Å². The Morgan fingerprint density at radius 1 is 1.06 bits per heavy atom. The molecule has 160 valence electrons. The lowest BCUT2D eigenvalue weighted by atomic mass is 10.0. The quantitative estimate of drug-likeness (QED) is 0.449. The van der Waals surface area contributed by atoms with Gasteiger partial charge in [-0.15, -0.1) is 0 Å². The highest BCUT2D eigenvalue weighted by molar-refractivity contribution is 6.35. The van der Waals surface area contributed by atoms with Crippen molar-refractivity contribution in [3.8, 4) is 5.69 Å². The van der Waals surface area contributed by atoms with E-state index in [2.05, 4.69) is 28.8 Å². The molecule has 0 bridgehead atoms. The van der Waals surface area contributed by atoms with Crippen LogP contribution >= 0.6 is 11.6 Å².